The molecule has 0 unspecified atom stereocenters. The maximum absolute atomic E-state index is 13.0. The van der Waals surface area contributed by atoms with Crippen LogP contribution >= 0.6 is 23.2 Å². The van der Waals surface area contributed by atoms with E-state index in [1.54, 1.807) is 24.3 Å². The van der Waals surface area contributed by atoms with Crippen molar-refractivity contribution in [1.29, 1.82) is 0 Å². The minimum atomic E-state index is -0.547. The molecule has 0 saturated heterocycles. The van der Waals surface area contributed by atoms with E-state index in [9.17, 15) is 18.8 Å². The fourth-order valence-electron chi connectivity index (χ4n) is 2.31. The van der Waals surface area contributed by atoms with Gasteiger partial charge in [0.25, 0.3) is 5.91 Å². The van der Waals surface area contributed by atoms with Crippen molar-refractivity contribution >= 4 is 46.6 Å². The molecule has 0 saturated carbocycles. The molecule has 9 heteroatoms. The van der Waals surface area contributed by atoms with Gasteiger partial charge in [-0.05, 0) is 36.4 Å². The van der Waals surface area contributed by atoms with E-state index < -0.39 is 11.7 Å². The van der Waals surface area contributed by atoms with Gasteiger partial charge in [-0.1, -0.05) is 29.3 Å². The van der Waals surface area contributed by atoms with E-state index in [0.29, 0.717) is 10.7 Å². The van der Waals surface area contributed by atoms with Gasteiger partial charge in [-0.3, -0.25) is 14.4 Å². The van der Waals surface area contributed by atoms with Crippen LogP contribution in [0.2, 0.25) is 10.0 Å². The summed E-state index contributed by atoms with van der Waals surface area (Å²) in [7, 11) is 1.48. The molecule has 0 bridgehead atoms. The van der Waals surface area contributed by atoms with Crippen LogP contribution < -0.4 is 10.6 Å². The summed E-state index contributed by atoms with van der Waals surface area (Å²) in [5.74, 6) is -1.76. The number of likely N-dealkylation sites (N-methyl/N-ethyl adjacent to an activating group) is 1. The van der Waals surface area contributed by atoms with Gasteiger partial charge in [-0.2, -0.15) is 0 Å². The van der Waals surface area contributed by atoms with Crippen molar-refractivity contribution in [2.24, 2.45) is 0 Å². The van der Waals surface area contributed by atoms with Gasteiger partial charge in [0.1, 0.15) is 5.82 Å². The SMILES string of the molecule is CN(CC(=O)Nc1cccc(Cl)c1)C(=O)CCNC(=O)c1ccc(F)cc1Cl. The average Bonchev–Trinajstić information content (AvgIpc) is 2.61. The molecule has 0 spiro atoms. The highest BCUT2D eigenvalue weighted by atomic mass is 35.5. The Morgan fingerprint density at radius 3 is 2.54 bits per heavy atom. The standard InChI is InChI=1S/C19H18Cl2FN3O3/c1-25(11-17(26)24-14-4-2-3-12(20)9-14)18(27)7-8-23-19(28)15-6-5-13(22)10-16(15)21/h2-6,9-10H,7-8,11H2,1H3,(H,23,28)(H,24,26). The molecule has 0 aromatic heterocycles. The van der Waals surface area contributed by atoms with E-state index >= 15 is 0 Å². The summed E-state index contributed by atoms with van der Waals surface area (Å²) >= 11 is 11.7. The molecule has 0 fully saturated rings. The monoisotopic (exact) mass is 425 g/mol. The van der Waals surface area contributed by atoms with Crippen molar-refractivity contribution in [3.63, 3.8) is 0 Å². The highest BCUT2D eigenvalue weighted by Crippen LogP contribution is 2.17. The molecule has 0 aliphatic heterocycles. The summed E-state index contributed by atoms with van der Waals surface area (Å²) in [6, 6.07) is 10.1. The minimum Gasteiger partial charge on any atom is -0.351 e. The van der Waals surface area contributed by atoms with Crippen molar-refractivity contribution in [3.8, 4) is 0 Å². The predicted molar refractivity (Wildman–Crippen MR) is 106 cm³/mol. The molecule has 2 aromatic rings. The summed E-state index contributed by atoms with van der Waals surface area (Å²) in [6.07, 6.45) is -0.00843. The van der Waals surface area contributed by atoms with Crippen LogP contribution in [0.4, 0.5) is 10.1 Å². The molecular weight excluding hydrogens is 408 g/mol. The maximum atomic E-state index is 13.0. The summed E-state index contributed by atoms with van der Waals surface area (Å²) < 4.78 is 13.0. The van der Waals surface area contributed by atoms with E-state index in [2.05, 4.69) is 10.6 Å². The molecule has 0 heterocycles. The number of benzene rings is 2. The highest BCUT2D eigenvalue weighted by Gasteiger charge is 2.15. The number of amides is 3. The van der Waals surface area contributed by atoms with Crippen LogP contribution in [0.15, 0.2) is 42.5 Å². The minimum absolute atomic E-state index is 0.00843. The number of carbonyl (C=O) groups is 3. The molecule has 2 N–H and O–H groups in total. The number of rotatable bonds is 7. The summed E-state index contributed by atoms with van der Waals surface area (Å²) in [4.78, 5) is 37.4. The highest BCUT2D eigenvalue weighted by molar-refractivity contribution is 6.33. The first-order valence-corrected chi connectivity index (χ1v) is 9.04. The van der Waals surface area contributed by atoms with E-state index in [-0.39, 0.29) is 41.9 Å². The second-order valence-electron chi connectivity index (χ2n) is 5.94. The van der Waals surface area contributed by atoms with Crippen molar-refractivity contribution < 1.29 is 18.8 Å². The third kappa shape index (κ3) is 6.51. The smallest absolute Gasteiger partial charge is 0.252 e. The van der Waals surface area contributed by atoms with Crippen molar-refractivity contribution in [3.05, 3.63) is 63.9 Å². The van der Waals surface area contributed by atoms with Crippen molar-refractivity contribution in [2.45, 2.75) is 6.42 Å². The third-order valence-electron chi connectivity index (χ3n) is 3.72. The molecule has 148 valence electrons. The molecule has 6 nitrogen and oxygen atoms in total. The van der Waals surface area contributed by atoms with Crippen LogP contribution in [0, 0.1) is 5.82 Å². The zero-order valence-corrected chi connectivity index (χ0v) is 16.5. The molecule has 2 rings (SSSR count). The first-order chi connectivity index (χ1) is 13.3. The number of hydrogen-bond donors (Lipinski definition) is 2. The Kier molecular flexibility index (Phi) is 7.78. The van der Waals surface area contributed by atoms with Crippen LogP contribution in [-0.4, -0.2) is 42.8 Å². The Hall–Kier alpha value is -2.64. The van der Waals surface area contributed by atoms with Gasteiger partial charge in [-0.15, -0.1) is 0 Å². The van der Waals surface area contributed by atoms with E-state index in [1.807, 2.05) is 0 Å². The first kappa shape index (κ1) is 21.7. The molecule has 0 aliphatic carbocycles. The molecular formula is C19H18Cl2FN3O3. The molecule has 0 radical (unpaired) electrons. The topological polar surface area (TPSA) is 78.5 Å². The van der Waals surface area contributed by atoms with Crippen molar-refractivity contribution in [1.82, 2.24) is 10.2 Å². The van der Waals surface area contributed by atoms with Crippen molar-refractivity contribution in [2.75, 3.05) is 25.5 Å². The quantitative estimate of drug-likeness (QED) is 0.713. The Balaban J connectivity index is 1.77. The average molecular weight is 426 g/mol. The zero-order valence-electron chi connectivity index (χ0n) is 15.0. The lowest BCUT2D eigenvalue weighted by Crippen LogP contribution is -2.37. The Bertz CT molecular complexity index is 892. The maximum Gasteiger partial charge on any atom is 0.252 e. The first-order valence-electron chi connectivity index (χ1n) is 8.29. The Labute approximate surface area is 171 Å². The molecule has 3 amide bonds. The number of halogens is 3. The lowest BCUT2D eigenvalue weighted by molar-refractivity contribution is -0.133. The van der Waals surface area contributed by atoms with Gasteiger partial charge in [0.2, 0.25) is 11.8 Å². The fourth-order valence-corrected chi connectivity index (χ4v) is 2.76. The lowest BCUT2D eigenvalue weighted by atomic mass is 10.2. The molecule has 0 atom stereocenters. The Morgan fingerprint density at radius 1 is 1.11 bits per heavy atom. The van der Waals surface area contributed by atoms with Gasteiger partial charge < -0.3 is 15.5 Å². The second-order valence-corrected chi connectivity index (χ2v) is 6.78. The van der Waals surface area contributed by atoms with Crippen LogP contribution in [0.25, 0.3) is 0 Å². The summed E-state index contributed by atoms with van der Waals surface area (Å²) in [5, 5.41) is 5.65. The largest absolute Gasteiger partial charge is 0.351 e. The number of carbonyl (C=O) groups excluding carboxylic acids is 3. The number of nitrogens with zero attached hydrogens (tertiary/aromatic N) is 1. The second kappa shape index (κ2) is 10.1. The number of hydrogen-bond acceptors (Lipinski definition) is 3. The Morgan fingerprint density at radius 2 is 1.86 bits per heavy atom. The molecule has 2 aromatic carbocycles. The van der Waals surface area contributed by atoms with Gasteiger partial charge in [0.05, 0.1) is 17.1 Å². The number of nitrogens with one attached hydrogen (secondary N) is 2. The van der Waals surface area contributed by atoms with Crippen LogP contribution in [0.5, 0.6) is 0 Å². The number of anilines is 1. The van der Waals surface area contributed by atoms with Crippen LogP contribution in [-0.2, 0) is 9.59 Å². The van der Waals surface area contributed by atoms with Gasteiger partial charge in [0.15, 0.2) is 0 Å². The zero-order chi connectivity index (χ0) is 20.7. The van der Waals surface area contributed by atoms with Gasteiger partial charge in [0, 0.05) is 30.7 Å². The van der Waals surface area contributed by atoms with Gasteiger partial charge in [-0.25, -0.2) is 4.39 Å². The van der Waals surface area contributed by atoms with E-state index in [4.69, 9.17) is 23.2 Å². The fraction of sp³-hybridized carbons (Fsp3) is 0.211. The summed E-state index contributed by atoms with van der Waals surface area (Å²) in [5.41, 5.74) is 0.645. The van der Waals surface area contributed by atoms with Gasteiger partial charge >= 0.3 is 0 Å². The molecule has 0 aliphatic rings. The third-order valence-corrected chi connectivity index (χ3v) is 4.26. The van der Waals surface area contributed by atoms with Crippen LogP contribution in [0.1, 0.15) is 16.8 Å². The predicted octanol–water partition coefficient (Wildman–Crippen LogP) is 3.35. The lowest BCUT2D eigenvalue weighted by Gasteiger charge is -2.17. The van der Waals surface area contributed by atoms with E-state index in [1.165, 1.54) is 18.0 Å². The van der Waals surface area contributed by atoms with Crippen LogP contribution in [0.3, 0.4) is 0 Å². The molecule has 28 heavy (non-hydrogen) atoms. The van der Waals surface area contributed by atoms with E-state index in [0.717, 1.165) is 12.1 Å². The normalized spacial score (nSPS) is 10.3. The summed E-state index contributed by atoms with van der Waals surface area (Å²) in [6.45, 7) is -0.102.